The fourth-order valence-electron chi connectivity index (χ4n) is 3.02. The molecule has 0 aromatic heterocycles. The van der Waals surface area contributed by atoms with Crippen LogP contribution in [0.3, 0.4) is 0 Å². The zero-order valence-corrected chi connectivity index (χ0v) is 20.3. The van der Waals surface area contributed by atoms with Gasteiger partial charge in [-0.3, -0.25) is 9.59 Å². The van der Waals surface area contributed by atoms with E-state index in [1.54, 1.807) is 46.1 Å². The Labute approximate surface area is 197 Å². The highest BCUT2D eigenvalue weighted by atomic mass is 16.5. The number of hydrogen-bond acceptors (Lipinski definition) is 6. The monoisotopic (exact) mass is 456 g/mol. The number of carbonyl (C=O) groups excluding carboxylic acids is 2. The summed E-state index contributed by atoms with van der Waals surface area (Å²) >= 11 is 0. The predicted octanol–water partition coefficient (Wildman–Crippen LogP) is 4.98. The smallest absolute Gasteiger partial charge is 0.311 e. The molecule has 0 saturated carbocycles. The minimum absolute atomic E-state index is 0.103. The van der Waals surface area contributed by atoms with Crippen LogP contribution in [-0.4, -0.2) is 44.3 Å². The van der Waals surface area contributed by atoms with Crippen molar-refractivity contribution in [2.75, 3.05) is 20.3 Å². The first-order valence-corrected chi connectivity index (χ1v) is 11.2. The molecule has 6 heteroatoms. The van der Waals surface area contributed by atoms with Gasteiger partial charge in [-0.2, -0.15) is 0 Å². The van der Waals surface area contributed by atoms with E-state index in [1.807, 2.05) is 36.4 Å². The fraction of sp³-hybridized carbons (Fsp3) is 0.481. The first-order valence-electron chi connectivity index (χ1n) is 11.2. The predicted molar refractivity (Wildman–Crippen MR) is 128 cm³/mol. The third kappa shape index (κ3) is 9.76. The van der Waals surface area contributed by atoms with Gasteiger partial charge in [0.05, 0.1) is 31.8 Å². The molecule has 0 spiro atoms. The summed E-state index contributed by atoms with van der Waals surface area (Å²) in [4.78, 5) is 24.7. The largest absolute Gasteiger partial charge is 0.497 e. The second kappa shape index (κ2) is 13.1. The molecule has 1 heterocycles. The van der Waals surface area contributed by atoms with Crippen LogP contribution in [0.4, 0.5) is 0 Å². The number of esters is 1. The van der Waals surface area contributed by atoms with Gasteiger partial charge in [0.15, 0.2) is 5.78 Å². The van der Waals surface area contributed by atoms with Crippen LogP contribution in [0.25, 0.3) is 0 Å². The maximum Gasteiger partial charge on any atom is 0.311 e. The van der Waals surface area contributed by atoms with E-state index in [2.05, 4.69) is 6.92 Å². The van der Waals surface area contributed by atoms with Crippen LogP contribution >= 0.6 is 0 Å². The highest BCUT2D eigenvalue weighted by molar-refractivity contribution is 5.93. The molecule has 0 saturated heterocycles. The van der Waals surface area contributed by atoms with Gasteiger partial charge in [0, 0.05) is 0 Å². The highest BCUT2D eigenvalue weighted by Gasteiger charge is 2.22. The lowest BCUT2D eigenvalue weighted by atomic mass is 9.97. The number of methoxy groups -OCH3 is 1. The number of benzene rings is 1. The fourth-order valence-corrected chi connectivity index (χ4v) is 3.02. The molecule has 0 N–H and O–H groups in total. The van der Waals surface area contributed by atoms with Gasteiger partial charge in [-0.05, 0) is 64.3 Å². The van der Waals surface area contributed by atoms with E-state index in [9.17, 15) is 9.59 Å². The van der Waals surface area contributed by atoms with Crippen LogP contribution in [0.15, 0.2) is 60.2 Å². The van der Waals surface area contributed by atoms with Gasteiger partial charge in [0.25, 0.3) is 0 Å². The molecule has 0 aliphatic carbocycles. The van der Waals surface area contributed by atoms with Crippen molar-refractivity contribution in [2.45, 2.75) is 59.4 Å². The van der Waals surface area contributed by atoms with E-state index in [0.29, 0.717) is 19.6 Å². The normalized spacial score (nSPS) is 17.7. The SMILES string of the molecule is COc1ccc(CO[C@@H](C/C=C/COC(=O)C(C)(C)C)C(=O)/C=C/[C@@H]2CC(C)=CCO2)cc1. The molecule has 2 atom stereocenters. The van der Waals surface area contributed by atoms with E-state index >= 15 is 0 Å². The zero-order valence-electron chi connectivity index (χ0n) is 20.3. The van der Waals surface area contributed by atoms with Gasteiger partial charge in [-0.15, -0.1) is 0 Å². The molecule has 0 unspecified atom stereocenters. The molecule has 0 fully saturated rings. The standard InChI is InChI=1S/C27H36O6/c1-20-15-17-31-23(18-20)13-14-24(28)25(8-6-7-16-32-26(29)27(2,3)4)33-19-21-9-11-22(30-5)12-10-21/h6-7,9-15,23,25H,8,16-19H2,1-5H3/b7-6+,14-13+/t23-,25+/m1/s1. The molecule has 0 amide bonds. The Balaban J connectivity index is 1.96. The van der Waals surface area contributed by atoms with Gasteiger partial charge in [-0.1, -0.05) is 42.0 Å². The molecule has 1 aliphatic heterocycles. The van der Waals surface area contributed by atoms with Gasteiger partial charge >= 0.3 is 5.97 Å². The topological polar surface area (TPSA) is 71.1 Å². The second-order valence-corrected chi connectivity index (χ2v) is 9.09. The van der Waals surface area contributed by atoms with Crippen molar-refractivity contribution in [1.29, 1.82) is 0 Å². The Kier molecular flexibility index (Phi) is 10.6. The summed E-state index contributed by atoms with van der Waals surface area (Å²) in [5.74, 6) is 0.366. The van der Waals surface area contributed by atoms with Gasteiger partial charge < -0.3 is 18.9 Å². The number of rotatable bonds is 11. The van der Waals surface area contributed by atoms with Gasteiger partial charge in [0.2, 0.25) is 0 Å². The summed E-state index contributed by atoms with van der Waals surface area (Å²) in [5.41, 5.74) is 1.65. The summed E-state index contributed by atoms with van der Waals surface area (Å²) in [5, 5.41) is 0. The number of carbonyl (C=O) groups is 2. The summed E-state index contributed by atoms with van der Waals surface area (Å²) in [6, 6.07) is 7.52. The van der Waals surface area contributed by atoms with E-state index in [0.717, 1.165) is 17.7 Å². The summed E-state index contributed by atoms with van der Waals surface area (Å²) < 4.78 is 22.0. The lowest BCUT2D eigenvalue weighted by Crippen LogP contribution is -2.24. The molecule has 0 radical (unpaired) electrons. The molecule has 0 bridgehead atoms. The highest BCUT2D eigenvalue weighted by Crippen LogP contribution is 2.17. The maximum atomic E-state index is 12.9. The summed E-state index contributed by atoms with van der Waals surface area (Å²) in [6.45, 7) is 8.49. The molecular formula is C27H36O6. The zero-order chi connectivity index (χ0) is 24.3. The minimum atomic E-state index is -0.654. The molecule has 1 aromatic rings. The summed E-state index contributed by atoms with van der Waals surface area (Å²) in [6.07, 6.45) is 9.34. The number of hydrogen-bond donors (Lipinski definition) is 0. The van der Waals surface area contributed by atoms with E-state index in [-0.39, 0.29) is 24.5 Å². The Morgan fingerprint density at radius 3 is 2.55 bits per heavy atom. The van der Waals surface area contributed by atoms with Crippen LogP contribution in [-0.2, 0) is 30.4 Å². The van der Waals surface area contributed by atoms with Crippen LogP contribution in [0.5, 0.6) is 5.75 Å². The Morgan fingerprint density at radius 1 is 1.18 bits per heavy atom. The van der Waals surface area contributed by atoms with Crippen molar-refractivity contribution in [1.82, 2.24) is 0 Å². The van der Waals surface area contributed by atoms with Crippen molar-refractivity contribution >= 4 is 11.8 Å². The maximum absolute atomic E-state index is 12.9. The lowest BCUT2D eigenvalue weighted by Gasteiger charge is -2.19. The van der Waals surface area contributed by atoms with Crippen LogP contribution < -0.4 is 4.74 Å². The van der Waals surface area contributed by atoms with Gasteiger partial charge in [-0.25, -0.2) is 0 Å². The molecule has 1 aromatic carbocycles. The average Bonchev–Trinajstić information content (AvgIpc) is 2.78. The molecule has 33 heavy (non-hydrogen) atoms. The van der Waals surface area contributed by atoms with E-state index in [1.165, 1.54) is 5.57 Å². The van der Waals surface area contributed by atoms with Crippen molar-refractivity contribution in [3.63, 3.8) is 0 Å². The molecule has 6 nitrogen and oxygen atoms in total. The average molecular weight is 457 g/mol. The van der Waals surface area contributed by atoms with Crippen molar-refractivity contribution in [3.05, 3.63) is 65.8 Å². The molecule has 2 rings (SSSR count). The van der Waals surface area contributed by atoms with E-state index < -0.39 is 11.5 Å². The Bertz CT molecular complexity index is 858. The number of ether oxygens (including phenoxy) is 4. The van der Waals surface area contributed by atoms with Crippen molar-refractivity contribution < 1.29 is 28.5 Å². The second-order valence-electron chi connectivity index (χ2n) is 9.09. The van der Waals surface area contributed by atoms with Crippen LogP contribution in [0, 0.1) is 5.41 Å². The van der Waals surface area contributed by atoms with E-state index in [4.69, 9.17) is 18.9 Å². The first-order chi connectivity index (χ1) is 15.7. The molecular weight excluding hydrogens is 420 g/mol. The van der Waals surface area contributed by atoms with Crippen LogP contribution in [0.1, 0.15) is 46.1 Å². The van der Waals surface area contributed by atoms with Crippen molar-refractivity contribution in [3.8, 4) is 5.75 Å². The summed E-state index contributed by atoms with van der Waals surface area (Å²) in [7, 11) is 1.62. The van der Waals surface area contributed by atoms with Gasteiger partial charge in [0.1, 0.15) is 18.5 Å². The Morgan fingerprint density at radius 2 is 1.91 bits per heavy atom. The Hall–Kier alpha value is -2.70. The number of ketones is 1. The molecule has 180 valence electrons. The van der Waals surface area contributed by atoms with Crippen molar-refractivity contribution in [2.24, 2.45) is 5.41 Å². The minimum Gasteiger partial charge on any atom is -0.497 e. The first kappa shape index (κ1) is 26.6. The van der Waals surface area contributed by atoms with Crippen LogP contribution in [0.2, 0.25) is 0 Å². The quantitative estimate of drug-likeness (QED) is 0.266. The lowest BCUT2D eigenvalue weighted by molar-refractivity contribution is -0.151. The molecule has 1 aliphatic rings. The third-order valence-corrected chi connectivity index (χ3v) is 5.11. The third-order valence-electron chi connectivity index (χ3n) is 5.11.